The normalized spacial score (nSPS) is 21.6. The molecule has 28 heavy (non-hydrogen) atoms. The van der Waals surface area contributed by atoms with Gasteiger partial charge in [0, 0.05) is 32.7 Å². The molecule has 2 aliphatic heterocycles. The van der Waals surface area contributed by atoms with E-state index in [1.54, 1.807) is 6.07 Å². The number of hydrogen-bond donors (Lipinski definition) is 0. The molecule has 1 aromatic heterocycles. The summed E-state index contributed by atoms with van der Waals surface area (Å²) in [5.74, 6) is -0.331. The average Bonchev–Trinajstić information content (AvgIpc) is 3.25. The highest BCUT2D eigenvalue weighted by Crippen LogP contribution is 2.39. The van der Waals surface area contributed by atoms with Gasteiger partial charge in [0.1, 0.15) is 0 Å². The van der Waals surface area contributed by atoms with Crippen LogP contribution in [-0.2, 0) is 20.8 Å². The van der Waals surface area contributed by atoms with Crippen LogP contribution in [0, 0.1) is 0 Å². The van der Waals surface area contributed by atoms with E-state index in [1.807, 2.05) is 30.0 Å². The van der Waals surface area contributed by atoms with Crippen LogP contribution in [0.2, 0.25) is 0 Å². The zero-order valence-corrected chi connectivity index (χ0v) is 16.4. The van der Waals surface area contributed by atoms with Crippen molar-refractivity contribution in [2.24, 2.45) is 0 Å². The Bertz CT molecular complexity index is 878. The molecule has 1 aromatic carbocycles. The predicted octanol–water partition coefficient (Wildman–Crippen LogP) is 2.56. The molecule has 0 saturated carbocycles. The van der Waals surface area contributed by atoms with E-state index < -0.39 is 5.76 Å². The van der Waals surface area contributed by atoms with E-state index in [0.717, 1.165) is 31.2 Å². The number of nitrogens with zero attached hydrogens (tertiary/aromatic N) is 2. The molecule has 4 rings (SSSR count). The summed E-state index contributed by atoms with van der Waals surface area (Å²) in [6.07, 6.45) is 4.30. The van der Waals surface area contributed by atoms with Gasteiger partial charge in [-0.05, 0) is 44.7 Å². The van der Waals surface area contributed by atoms with Crippen LogP contribution < -0.4 is 5.76 Å². The van der Waals surface area contributed by atoms with Crippen LogP contribution in [0.5, 0.6) is 0 Å². The van der Waals surface area contributed by atoms with Crippen LogP contribution in [0.1, 0.15) is 39.0 Å². The minimum atomic E-state index is -0.411. The van der Waals surface area contributed by atoms with Gasteiger partial charge in [0.25, 0.3) is 0 Å². The number of hydrogen-bond acceptors (Lipinski definition) is 5. The first-order chi connectivity index (χ1) is 13.6. The van der Waals surface area contributed by atoms with E-state index in [2.05, 4.69) is 0 Å². The topological polar surface area (TPSA) is 73.9 Å². The number of aromatic nitrogens is 1. The van der Waals surface area contributed by atoms with Gasteiger partial charge in [-0.1, -0.05) is 12.1 Å². The second-order valence-electron chi connectivity index (χ2n) is 7.74. The van der Waals surface area contributed by atoms with Crippen molar-refractivity contribution in [3.05, 3.63) is 34.8 Å². The van der Waals surface area contributed by atoms with Gasteiger partial charge in [0.05, 0.1) is 23.8 Å². The number of ether oxygens (including phenoxy) is 2. The average molecular weight is 388 g/mol. The van der Waals surface area contributed by atoms with Crippen LogP contribution in [0.3, 0.4) is 0 Å². The van der Waals surface area contributed by atoms with Crippen LogP contribution in [0.4, 0.5) is 0 Å². The van der Waals surface area contributed by atoms with E-state index in [4.69, 9.17) is 13.9 Å². The SMILES string of the molecule is CCOCC1CCC2(CCN(C(=O)CCn3c(=O)oc4ccccc43)CC2)O1. The highest BCUT2D eigenvalue weighted by molar-refractivity contribution is 5.77. The lowest BCUT2D eigenvalue weighted by Gasteiger charge is -2.39. The zero-order valence-electron chi connectivity index (χ0n) is 16.4. The summed E-state index contributed by atoms with van der Waals surface area (Å²) in [7, 11) is 0. The summed E-state index contributed by atoms with van der Waals surface area (Å²) < 4.78 is 18.5. The Morgan fingerprint density at radius 1 is 1.25 bits per heavy atom. The fourth-order valence-corrected chi connectivity index (χ4v) is 4.38. The van der Waals surface area contributed by atoms with E-state index in [1.165, 1.54) is 4.57 Å². The molecule has 3 heterocycles. The zero-order chi connectivity index (χ0) is 19.6. The summed E-state index contributed by atoms with van der Waals surface area (Å²) >= 11 is 0. The number of aryl methyl sites for hydroxylation is 1. The maximum atomic E-state index is 12.7. The molecule has 2 aromatic rings. The van der Waals surface area contributed by atoms with Crippen molar-refractivity contribution in [2.75, 3.05) is 26.3 Å². The quantitative estimate of drug-likeness (QED) is 0.760. The van der Waals surface area contributed by atoms with Crippen molar-refractivity contribution >= 4 is 17.0 Å². The van der Waals surface area contributed by atoms with E-state index in [9.17, 15) is 9.59 Å². The molecule has 0 aliphatic carbocycles. The molecule has 1 unspecified atom stereocenters. The highest BCUT2D eigenvalue weighted by Gasteiger charge is 2.43. The summed E-state index contributed by atoms with van der Waals surface area (Å²) in [4.78, 5) is 26.6. The molecule has 0 N–H and O–H groups in total. The number of para-hydroxylation sites is 2. The molecule has 2 saturated heterocycles. The summed E-state index contributed by atoms with van der Waals surface area (Å²) in [5.41, 5.74) is 1.20. The number of amides is 1. The second kappa shape index (κ2) is 8.09. The van der Waals surface area contributed by atoms with Gasteiger partial charge in [-0.3, -0.25) is 9.36 Å². The molecule has 2 fully saturated rings. The number of oxazole rings is 1. The molecule has 2 aliphatic rings. The number of piperidine rings is 1. The lowest BCUT2D eigenvalue weighted by molar-refractivity contribution is -0.139. The third-order valence-corrected chi connectivity index (χ3v) is 6.00. The number of benzene rings is 1. The Morgan fingerprint density at radius 3 is 2.82 bits per heavy atom. The van der Waals surface area contributed by atoms with Crippen molar-refractivity contribution < 1.29 is 18.7 Å². The maximum Gasteiger partial charge on any atom is 0.419 e. The second-order valence-corrected chi connectivity index (χ2v) is 7.74. The standard InChI is InChI=1S/C21H28N2O5/c1-2-26-15-16-7-9-21(28-16)10-13-22(14-11-21)19(24)8-12-23-17-5-3-4-6-18(17)27-20(23)25/h3-6,16H,2,7-15H2,1H3. The molecule has 7 heteroatoms. The first-order valence-corrected chi connectivity index (χ1v) is 10.2. The molecule has 1 spiro atoms. The minimum Gasteiger partial charge on any atom is -0.408 e. The lowest BCUT2D eigenvalue weighted by Crippen LogP contribution is -2.47. The fourth-order valence-electron chi connectivity index (χ4n) is 4.38. The van der Waals surface area contributed by atoms with Crippen molar-refractivity contribution in [2.45, 2.75) is 57.3 Å². The summed E-state index contributed by atoms with van der Waals surface area (Å²) in [5, 5.41) is 0. The third-order valence-electron chi connectivity index (χ3n) is 6.00. The molecule has 152 valence electrons. The Hall–Kier alpha value is -2.12. The van der Waals surface area contributed by atoms with E-state index in [-0.39, 0.29) is 17.6 Å². The largest absolute Gasteiger partial charge is 0.419 e. The number of fused-ring (bicyclic) bond motifs is 1. The number of likely N-dealkylation sites (tertiary alicyclic amines) is 1. The maximum absolute atomic E-state index is 12.7. The van der Waals surface area contributed by atoms with Crippen LogP contribution in [0.25, 0.3) is 11.1 Å². The van der Waals surface area contributed by atoms with Crippen LogP contribution in [0.15, 0.2) is 33.5 Å². The molecule has 0 radical (unpaired) electrons. The smallest absolute Gasteiger partial charge is 0.408 e. The minimum absolute atomic E-state index is 0.0795. The number of rotatable bonds is 6. The van der Waals surface area contributed by atoms with Gasteiger partial charge in [0.15, 0.2) is 5.58 Å². The monoisotopic (exact) mass is 388 g/mol. The van der Waals surface area contributed by atoms with Gasteiger partial charge >= 0.3 is 5.76 Å². The lowest BCUT2D eigenvalue weighted by atomic mass is 9.88. The Labute approximate surface area is 164 Å². The highest BCUT2D eigenvalue weighted by atomic mass is 16.6. The van der Waals surface area contributed by atoms with Crippen LogP contribution >= 0.6 is 0 Å². The van der Waals surface area contributed by atoms with E-state index in [0.29, 0.717) is 44.9 Å². The molecular formula is C21H28N2O5. The molecule has 7 nitrogen and oxygen atoms in total. The van der Waals surface area contributed by atoms with Gasteiger partial charge in [0.2, 0.25) is 5.91 Å². The Balaban J connectivity index is 1.30. The molecule has 1 amide bonds. The molecular weight excluding hydrogens is 360 g/mol. The molecule has 1 atom stereocenters. The predicted molar refractivity (Wildman–Crippen MR) is 104 cm³/mol. The fraction of sp³-hybridized carbons (Fsp3) is 0.619. The van der Waals surface area contributed by atoms with Crippen molar-refractivity contribution in [3.8, 4) is 0 Å². The Morgan fingerprint density at radius 2 is 2.04 bits per heavy atom. The summed E-state index contributed by atoms with van der Waals surface area (Å²) in [6, 6.07) is 7.29. The number of carbonyl (C=O) groups excluding carboxylic acids is 1. The van der Waals surface area contributed by atoms with Crippen molar-refractivity contribution in [1.29, 1.82) is 0 Å². The van der Waals surface area contributed by atoms with E-state index >= 15 is 0 Å². The van der Waals surface area contributed by atoms with Crippen molar-refractivity contribution in [3.63, 3.8) is 0 Å². The third kappa shape index (κ3) is 3.86. The van der Waals surface area contributed by atoms with Gasteiger partial charge in [-0.2, -0.15) is 0 Å². The first-order valence-electron chi connectivity index (χ1n) is 10.2. The van der Waals surface area contributed by atoms with Gasteiger partial charge < -0.3 is 18.8 Å². The van der Waals surface area contributed by atoms with Gasteiger partial charge in [-0.25, -0.2) is 4.79 Å². The summed E-state index contributed by atoms with van der Waals surface area (Å²) in [6.45, 7) is 5.12. The Kier molecular flexibility index (Phi) is 5.55. The van der Waals surface area contributed by atoms with Crippen LogP contribution in [-0.4, -0.2) is 53.4 Å². The van der Waals surface area contributed by atoms with Crippen molar-refractivity contribution in [1.82, 2.24) is 9.47 Å². The van der Waals surface area contributed by atoms with Gasteiger partial charge in [-0.15, -0.1) is 0 Å². The number of carbonyl (C=O) groups is 1. The first kappa shape index (κ1) is 19.2. The molecule has 0 bridgehead atoms.